The average molecular weight is 317 g/mol. The van der Waals surface area contributed by atoms with Crippen molar-refractivity contribution < 1.29 is 14.1 Å². The van der Waals surface area contributed by atoms with Crippen molar-refractivity contribution in [2.24, 2.45) is 5.73 Å². The highest BCUT2D eigenvalue weighted by atomic mass is 16.5. The third kappa shape index (κ3) is 4.13. The van der Waals surface area contributed by atoms with E-state index in [1.165, 1.54) is 0 Å². The molecule has 0 spiro atoms. The van der Waals surface area contributed by atoms with Gasteiger partial charge in [0.2, 0.25) is 5.91 Å². The Morgan fingerprint density at radius 1 is 1.30 bits per heavy atom. The van der Waals surface area contributed by atoms with Gasteiger partial charge in [-0.05, 0) is 26.6 Å². The fourth-order valence-corrected chi connectivity index (χ4v) is 2.12. The van der Waals surface area contributed by atoms with E-state index in [4.69, 9.17) is 5.73 Å². The molecule has 1 unspecified atom stereocenters. The number of aryl methyl sites for hydroxylation is 1. The lowest BCUT2D eigenvalue weighted by molar-refractivity contribution is -0.126. The van der Waals surface area contributed by atoms with Gasteiger partial charge in [0, 0.05) is 0 Å². The van der Waals surface area contributed by atoms with Crippen molar-refractivity contribution in [2.75, 3.05) is 14.1 Å². The molecule has 8 heteroatoms. The average Bonchev–Trinajstić information content (AvgIpc) is 2.96. The van der Waals surface area contributed by atoms with Gasteiger partial charge in [-0.2, -0.15) is 4.98 Å². The second kappa shape index (κ2) is 7.01. The Bertz CT molecular complexity index is 693. The molecule has 1 aromatic carbocycles. The summed E-state index contributed by atoms with van der Waals surface area (Å²) in [6.45, 7) is 2.03. The van der Waals surface area contributed by atoms with Gasteiger partial charge in [0.1, 0.15) is 6.04 Å². The standard InChI is InChI=1S/C15H19N5O3/c1-9-4-6-10(7-5-9)12(20(2)3)14(22)17-8-11-18-15(13(16)21)23-19-11/h4-7,12H,8H2,1-3H3,(H2,16,21)(H,17,22). The topological polar surface area (TPSA) is 114 Å². The number of primary amides is 1. The van der Waals surface area contributed by atoms with Crippen molar-refractivity contribution in [3.8, 4) is 0 Å². The van der Waals surface area contributed by atoms with E-state index in [1.807, 2.05) is 50.2 Å². The zero-order valence-corrected chi connectivity index (χ0v) is 13.2. The summed E-state index contributed by atoms with van der Waals surface area (Å²) in [7, 11) is 3.65. The number of nitrogens with one attached hydrogen (secondary N) is 1. The van der Waals surface area contributed by atoms with E-state index < -0.39 is 11.9 Å². The first-order chi connectivity index (χ1) is 10.9. The van der Waals surface area contributed by atoms with Gasteiger partial charge >= 0.3 is 11.8 Å². The molecule has 8 nitrogen and oxygen atoms in total. The Balaban J connectivity index is 2.06. The molecule has 0 saturated carbocycles. The smallest absolute Gasteiger partial charge is 0.315 e. The third-order valence-corrected chi connectivity index (χ3v) is 3.26. The van der Waals surface area contributed by atoms with Crippen molar-refractivity contribution >= 4 is 11.8 Å². The molecule has 1 aromatic heterocycles. The molecule has 0 aliphatic carbocycles. The lowest BCUT2D eigenvalue weighted by Crippen LogP contribution is -2.36. The van der Waals surface area contributed by atoms with Gasteiger partial charge in [-0.25, -0.2) is 0 Å². The number of nitrogens with two attached hydrogens (primary N) is 1. The first-order valence-electron chi connectivity index (χ1n) is 7.01. The Kier molecular flexibility index (Phi) is 5.07. The van der Waals surface area contributed by atoms with Crippen LogP contribution in [0.25, 0.3) is 0 Å². The first kappa shape index (κ1) is 16.6. The summed E-state index contributed by atoms with van der Waals surface area (Å²) in [5.41, 5.74) is 7.03. The highest BCUT2D eigenvalue weighted by molar-refractivity contribution is 5.87. The van der Waals surface area contributed by atoms with Gasteiger partial charge in [-0.1, -0.05) is 35.0 Å². The number of aromatic nitrogens is 2. The van der Waals surface area contributed by atoms with Crippen LogP contribution in [0.15, 0.2) is 28.8 Å². The van der Waals surface area contributed by atoms with Crippen molar-refractivity contribution in [3.05, 3.63) is 47.1 Å². The van der Waals surface area contributed by atoms with E-state index in [-0.39, 0.29) is 24.2 Å². The van der Waals surface area contributed by atoms with Crippen LogP contribution in [0.1, 0.15) is 33.7 Å². The number of nitrogens with zero attached hydrogens (tertiary/aromatic N) is 3. The van der Waals surface area contributed by atoms with Crippen LogP contribution in [0, 0.1) is 6.92 Å². The highest BCUT2D eigenvalue weighted by Gasteiger charge is 2.23. The summed E-state index contributed by atoms with van der Waals surface area (Å²) in [6.07, 6.45) is 0. The maximum Gasteiger partial charge on any atom is 0.315 e. The van der Waals surface area contributed by atoms with E-state index in [1.54, 1.807) is 0 Å². The summed E-state index contributed by atoms with van der Waals surface area (Å²) in [5.74, 6) is -1.10. The molecular weight excluding hydrogens is 298 g/mol. The summed E-state index contributed by atoms with van der Waals surface area (Å²) in [5, 5.41) is 6.31. The van der Waals surface area contributed by atoms with Crippen molar-refractivity contribution in [3.63, 3.8) is 0 Å². The predicted octanol–water partition coefficient (Wildman–Crippen LogP) is 0.396. The largest absolute Gasteiger partial charge is 0.361 e. The molecule has 2 aromatic rings. The van der Waals surface area contributed by atoms with Crippen LogP contribution in [0.4, 0.5) is 0 Å². The number of likely N-dealkylation sites (N-methyl/N-ethyl adjacent to an activating group) is 1. The van der Waals surface area contributed by atoms with Crippen LogP contribution in [-0.2, 0) is 11.3 Å². The highest BCUT2D eigenvalue weighted by Crippen LogP contribution is 2.19. The molecule has 122 valence electrons. The van der Waals surface area contributed by atoms with Gasteiger partial charge in [-0.15, -0.1) is 0 Å². The van der Waals surface area contributed by atoms with Gasteiger partial charge in [-0.3, -0.25) is 14.5 Å². The molecule has 0 radical (unpaired) electrons. The molecule has 1 heterocycles. The lowest BCUT2D eigenvalue weighted by atomic mass is 10.0. The molecule has 2 amide bonds. The second-order valence-electron chi connectivity index (χ2n) is 5.37. The van der Waals surface area contributed by atoms with Crippen molar-refractivity contribution in [1.29, 1.82) is 0 Å². The molecule has 0 aliphatic heterocycles. The maximum absolute atomic E-state index is 12.5. The number of benzene rings is 1. The Morgan fingerprint density at radius 3 is 2.48 bits per heavy atom. The quantitative estimate of drug-likeness (QED) is 0.797. The van der Waals surface area contributed by atoms with E-state index in [2.05, 4.69) is 20.0 Å². The molecule has 2 rings (SSSR count). The molecule has 0 bridgehead atoms. The van der Waals surface area contributed by atoms with Crippen LogP contribution in [-0.4, -0.2) is 41.0 Å². The summed E-state index contributed by atoms with van der Waals surface area (Å²) < 4.78 is 4.67. The van der Waals surface area contributed by atoms with Crippen LogP contribution >= 0.6 is 0 Å². The number of hydrogen-bond donors (Lipinski definition) is 2. The number of hydrogen-bond acceptors (Lipinski definition) is 6. The monoisotopic (exact) mass is 317 g/mol. The van der Waals surface area contributed by atoms with Gasteiger partial charge < -0.3 is 15.6 Å². The minimum atomic E-state index is -0.805. The molecule has 0 fully saturated rings. The van der Waals surface area contributed by atoms with Gasteiger partial charge in [0.25, 0.3) is 0 Å². The summed E-state index contributed by atoms with van der Waals surface area (Å²) in [4.78, 5) is 28.9. The van der Waals surface area contributed by atoms with Gasteiger partial charge in [0.05, 0.1) is 6.54 Å². The molecular formula is C15H19N5O3. The minimum absolute atomic E-state index is 0.0474. The zero-order chi connectivity index (χ0) is 17.0. The van der Waals surface area contributed by atoms with Crippen LogP contribution < -0.4 is 11.1 Å². The number of amides is 2. The van der Waals surface area contributed by atoms with E-state index in [0.29, 0.717) is 0 Å². The number of carbonyl (C=O) groups is 2. The van der Waals surface area contributed by atoms with Crippen LogP contribution in [0.5, 0.6) is 0 Å². The van der Waals surface area contributed by atoms with E-state index in [0.717, 1.165) is 11.1 Å². The fraction of sp³-hybridized carbons (Fsp3) is 0.333. The Labute approximate surface area is 133 Å². The predicted molar refractivity (Wildman–Crippen MR) is 82.3 cm³/mol. The lowest BCUT2D eigenvalue weighted by Gasteiger charge is -2.23. The normalized spacial score (nSPS) is 12.2. The van der Waals surface area contributed by atoms with Crippen LogP contribution in [0.3, 0.4) is 0 Å². The molecule has 1 atom stereocenters. The first-order valence-corrected chi connectivity index (χ1v) is 7.01. The fourth-order valence-electron chi connectivity index (χ4n) is 2.12. The molecule has 0 aliphatic rings. The molecule has 23 heavy (non-hydrogen) atoms. The number of rotatable bonds is 6. The van der Waals surface area contributed by atoms with E-state index in [9.17, 15) is 9.59 Å². The summed E-state index contributed by atoms with van der Waals surface area (Å²) >= 11 is 0. The van der Waals surface area contributed by atoms with E-state index >= 15 is 0 Å². The minimum Gasteiger partial charge on any atom is -0.361 e. The van der Waals surface area contributed by atoms with Gasteiger partial charge in [0.15, 0.2) is 5.82 Å². The van der Waals surface area contributed by atoms with Crippen molar-refractivity contribution in [2.45, 2.75) is 19.5 Å². The zero-order valence-electron chi connectivity index (χ0n) is 13.2. The summed E-state index contributed by atoms with van der Waals surface area (Å²) in [6, 6.07) is 7.30. The maximum atomic E-state index is 12.5. The third-order valence-electron chi connectivity index (χ3n) is 3.26. The second-order valence-corrected chi connectivity index (χ2v) is 5.37. The molecule has 3 N–H and O–H groups in total. The van der Waals surface area contributed by atoms with Crippen molar-refractivity contribution in [1.82, 2.24) is 20.4 Å². The van der Waals surface area contributed by atoms with Crippen LogP contribution in [0.2, 0.25) is 0 Å². The SMILES string of the molecule is Cc1ccc(C(C(=O)NCc2noc(C(N)=O)n2)N(C)C)cc1. The Hall–Kier alpha value is -2.74. The number of carbonyl (C=O) groups excluding carboxylic acids is 2. The molecule has 0 saturated heterocycles. The Morgan fingerprint density at radius 2 is 1.96 bits per heavy atom.